The fraction of sp³-hybridized carbons (Fsp3) is 0.455. The molecule has 0 amide bonds. The van der Waals surface area contributed by atoms with Gasteiger partial charge in [0.25, 0.3) is 0 Å². The van der Waals surface area contributed by atoms with Crippen LogP contribution < -0.4 is 5.73 Å². The zero-order valence-electron chi connectivity index (χ0n) is 10.0. The van der Waals surface area contributed by atoms with E-state index in [0.717, 1.165) is 4.88 Å². The number of carbonyl (C=O) groups excluding carboxylic acids is 2. The number of carbonyl (C=O) groups is 2. The molecule has 0 radical (unpaired) electrons. The van der Waals surface area contributed by atoms with Crippen LogP contribution in [0.25, 0.3) is 0 Å². The summed E-state index contributed by atoms with van der Waals surface area (Å²) in [5.41, 5.74) is 6.80. The number of anilines is 1. The van der Waals surface area contributed by atoms with Crippen molar-refractivity contribution in [2.75, 3.05) is 19.5 Å². The molecule has 0 atom stereocenters. The van der Waals surface area contributed by atoms with Gasteiger partial charge in [-0.05, 0) is 19.4 Å². The second-order valence-corrected chi connectivity index (χ2v) is 4.50. The van der Waals surface area contributed by atoms with Crippen LogP contribution in [0.5, 0.6) is 0 Å². The van der Waals surface area contributed by atoms with Gasteiger partial charge in [-0.15, -0.1) is 11.3 Å². The molecule has 0 saturated heterocycles. The average Bonchev–Trinajstić information content (AvgIpc) is 2.54. The molecular formula is C11H15NO4S. The number of methoxy groups -OCH3 is 1. The van der Waals surface area contributed by atoms with Crippen molar-refractivity contribution < 1.29 is 19.1 Å². The van der Waals surface area contributed by atoms with Gasteiger partial charge in [0.05, 0.1) is 25.7 Å². The molecule has 1 aromatic heterocycles. The van der Waals surface area contributed by atoms with Gasteiger partial charge in [0.1, 0.15) is 5.00 Å². The van der Waals surface area contributed by atoms with Crippen LogP contribution >= 0.6 is 11.3 Å². The maximum Gasteiger partial charge on any atom is 0.341 e. The standard InChI is InChI=1S/C11H15NO4S/c1-4-16-11(14)9-6(2)7(17-10(9)12)5-8(13)15-3/h4-5,12H2,1-3H3. The molecule has 0 bridgehead atoms. The second kappa shape index (κ2) is 5.67. The number of ether oxygens (including phenoxy) is 2. The van der Waals surface area contributed by atoms with Crippen molar-refractivity contribution in [1.29, 1.82) is 0 Å². The van der Waals surface area contributed by atoms with Crippen molar-refractivity contribution in [2.45, 2.75) is 20.3 Å². The molecule has 0 spiro atoms. The maximum absolute atomic E-state index is 11.6. The number of nitrogens with two attached hydrogens (primary N) is 1. The molecule has 0 aromatic carbocycles. The highest BCUT2D eigenvalue weighted by atomic mass is 32.1. The van der Waals surface area contributed by atoms with Gasteiger partial charge in [-0.3, -0.25) is 4.79 Å². The van der Waals surface area contributed by atoms with Crippen molar-refractivity contribution in [3.8, 4) is 0 Å². The Morgan fingerprint density at radius 2 is 2.06 bits per heavy atom. The molecule has 1 heterocycles. The number of rotatable bonds is 4. The molecule has 5 nitrogen and oxygen atoms in total. The van der Waals surface area contributed by atoms with Crippen molar-refractivity contribution in [3.63, 3.8) is 0 Å². The smallest absolute Gasteiger partial charge is 0.341 e. The molecule has 0 saturated carbocycles. The van der Waals surface area contributed by atoms with Crippen LogP contribution in [0.15, 0.2) is 0 Å². The Balaban J connectivity index is 3.01. The number of esters is 2. The van der Waals surface area contributed by atoms with Crippen LogP contribution in [0.3, 0.4) is 0 Å². The van der Waals surface area contributed by atoms with Crippen LogP contribution in [0, 0.1) is 6.92 Å². The third kappa shape index (κ3) is 2.97. The summed E-state index contributed by atoms with van der Waals surface area (Å²) in [4.78, 5) is 23.6. The van der Waals surface area contributed by atoms with E-state index in [9.17, 15) is 9.59 Å². The lowest BCUT2D eigenvalue weighted by atomic mass is 10.1. The molecular weight excluding hydrogens is 242 g/mol. The summed E-state index contributed by atoms with van der Waals surface area (Å²) in [7, 11) is 1.32. The minimum atomic E-state index is -0.449. The summed E-state index contributed by atoms with van der Waals surface area (Å²) in [6, 6.07) is 0. The molecule has 1 aromatic rings. The summed E-state index contributed by atoms with van der Waals surface area (Å²) >= 11 is 1.21. The molecule has 0 unspecified atom stereocenters. The zero-order chi connectivity index (χ0) is 13.0. The first kappa shape index (κ1) is 13.5. The van der Waals surface area contributed by atoms with E-state index in [1.54, 1.807) is 13.8 Å². The minimum absolute atomic E-state index is 0.122. The van der Waals surface area contributed by atoms with Gasteiger partial charge in [-0.1, -0.05) is 0 Å². The Bertz CT molecular complexity index is 439. The molecule has 2 N–H and O–H groups in total. The molecule has 1 rings (SSSR count). The van der Waals surface area contributed by atoms with E-state index >= 15 is 0 Å². The van der Waals surface area contributed by atoms with Crippen LogP contribution in [0.4, 0.5) is 5.00 Å². The van der Waals surface area contributed by atoms with Gasteiger partial charge in [-0.25, -0.2) is 4.79 Å². The quantitative estimate of drug-likeness (QED) is 0.827. The first-order valence-corrected chi connectivity index (χ1v) is 5.94. The van der Waals surface area contributed by atoms with Gasteiger partial charge < -0.3 is 15.2 Å². The Kier molecular flexibility index (Phi) is 4.51. The highest BCUT2D eigenvalue weighted by Gasteiger charge is 2.21. The monoisotopic (exact) mass is 257 g/mol. The van der Waals surface area contributed by atoms with Gasteiger partial charge in [0, 0.05) is 4.88 Å². The van der Waals surface area contributed by atoms with Crippen molar-refractivity contribution in [3.05, 3.63) is 16.0 Å². The van der Waals surface area contributed by atoms with Crippen LogP contribution in [0.2, 0.25) is 0 Å². The number of thiophene rings is 1. The highest BCUT2D eigenvalue weighted by Crippen LogP contribution is 2.31. The lowest BCUT2D eigenvalue weighted by Gasteiger charge is -2.02. The first-order valence-electron chi connectivity index (χ1n) is 5.12. The third-order valence-corrected chi connectivity index (χ3v) is 3.41. The lowest BCUT2D eigenvalue weighted by Crippen LogP contribution is -2.08. The highest BCUT2D eigenvalue weighted by molar-refractivity contribution is 7.16. The largest absolute Gasteiger partial charge is 0.469 e. The predicted molar refractivity (Wildman–Crippen MR) is 65.1 cm³/mol. The molecule has 0 fully saturated rings. The predicted octanol–water partition coefficient (Wildman–Crippen LogP) is 1.53. The summed E-state index contributed by atoms with van der Waals surface area (Å²) in [6.45, 7) is 3.77. The van der Waals surface area contributed by atoms with E-state index < -0.39 is 5.97 Å². The number of hydrogen-bond acceptors (Lipinski definition) is 6. The molecule has 94 valence electrons. The fourth-order valence-corrected chi connectivity index (χ4v) is 2.46. The van der Waals surface area contributed by atoms with Gasteiger partial charge in [0.15, 0.2) is 0 Å². The third-order valence-electron chi connectivity index (χ3n) is 2.28. The van der Waals surface area contributed by atoms with E-state index in [1.807, 2.05) is 0 Å². The average molecular weight is 257 g/mol. The normalized spacial score (nSPS) is 10.1. The van der Waals surface area contributed by atoms with E-state index in [4.69, 9.17) is 10.5 Å². The molecule has 0 aliphatic rings. The van der Waals surface area contributed by atoms with Crippen LogP contribution in [0.1, 0.15) is 27.7 Å². The zero-order valence-corrected chi connectivity index (χ0v) is 10.8. The van der Waals surface area contributed by atoms with Gasteiger partial charge >= 0.3 is 11.9 Å². The second-order valence-electron chi connectivity index (χ2n) is 3.36. The van der Waals surface area contributed by atoms with Crippen LogP contribution in [-0.2, 0) is 20.7 Å². The van der Waals surface area contributed by atoms with E-state index in [2.05, 4.69) is 4.74 Å². The lowest BCUT2D eigenvalue weighted by molar-refractivity contribution is -0.139. The van der Waals surface area contributed by atoms with Crippen molar-refractivity contribution in [1.82, 2.24) is 0 Å². The van der Waals surface area contributed by atoms with Crippen LogP contribution in [-0.4, -0.2) is 25.7 Å². The Morgan fingerprint density at radius 1 is 1.41 bits per heavy atom. The topological polar surface area (TPSA) is 78.6 Å². The Labute approximate surface area is 104 Å². The van der Waals surface area contributed by atoms with Gasteiger partial charge in [-0.2, -0.15) is 0 Å². The summed E-state index contributed by atoms with van der Waals surface area (Å²) in [5, 5.41) is 0.375. The van der Waals surface area contributed by atoms with Crippen molar-refractivity contribution in [2.24, 2.45) is 0 Å². The maximum atomic E-state index is 11.6. The van der Waals surface area contributed by atoms with E-state index in [-0.39, 0.29) is 12.4 Å². The first-order chi connectivity index (χ1) is 8.01. The minimum Gasteiger partial charge on any atom is -0.469 e. The van der Waals surface area contributed by atoms with E-state index in [1.165, 1.54) is 18.4 Å². The fourth-order valence-electron chi connectivity index (χ4n) is 1.41. The molecule has 0 aliphatic carbocycles. The molecule has 0 aliphatic heterocycles. The Morgan fingerprint density at radius 3 is 2.59 bits per heavy atom. The number of nitrogen functional groups attached to an aromatic ring is 1. The molecule has 6 heteroatoms. The Hall–Kier alpha value is -1.56. The summed E-state index contributed by atoms with van der Waals surface area (Å²) in [6.07, 6.45) is 0.122. The molecule has 17 heavy (non-hydrogen) atoms. The SMILES string of the molecule is CCOC(=O)c1c(N)sc(CC(=O)OC)c1C. The van der Waals surface area contributed by atoms with Gasteiger partial charge in [0.2, 0.25) is 0 Å². The van der Waals surface area contributed by atoms with E-state index in [0.29, 0.717) is 22.7 Å². The van der Waals surface area contributed by atoms with Crippen molar-refractivity contribution >= 4 is 28.3 Å². The summed E-state index contributed by atoms with van der Waals surface area (Å²) in [5.74, 6) is -0.806. The summed E-state index contributed by atoms with van der Waals surface area (Å²) < 4.78 is 9.48. The number of hydrogen-bond donors (Lipinski definition) is 1.